The molecule has 0 heterocycles. The summed E-state index contributed by atoms with van der Waals surface area (Å²) in [6.45, 7) is 5.09. The van der Waals surface area contributed by atoms with Crippen LogP contribution in [0.15, 0.2) is 11.0 Å². The van der Waals surface area contributed by atoms with Crippen LogP contribution in [0.2, 0.25) is 0 Å². The van der Waals surface area contributed by atoms with Crippen LogP contribution in [0.3, 0.4) is 0 Å². The lowest BCUT2D eigenvalue weighted by molar-refractivity contribution is -0.114. The topological polar surface area (TPSA) is 98.5 Å². The molecule has 0 fully saturated rings. The summed E-state index contributed by atoms with van der Waals surface area (Å²) in [6, 6.07) is 1.60. The number of ether oxygens (including phenoxy) is 1. The van der Waals surface area contributed by atoms with Crippen LogP contribution in [-0.4, -0.2) is 21.4 Å². The molecule has 0 saturated heterocycles. The summed E-state index contributed by atoms with van der Waals surface area (Å²) in [5.41, 5.74) is 1.78. The highest BCUT2D eigenvalue weighted by molar-refractivity contribution is 7.89. The third-order valence-electron chi connectivity index (χ3n) is 2.97. The number of primary sulfonamides is 1. The molecule has 0 spiro atoms. The van der Waals surface area contributed by atoms with Crippen LogP contribution in [0.4, 0.5) is 5.69 Å². The smallest absolute Gasteiger partial charge is 0.242 e. The van der Waals surface area contributed by atoms with Gasteiger partial charge < -0.3 is 10.1 Å². The molecule has 1 aromatic carbocycles. The lowest BCUT2D eigenvalue weighted by Gasteiger charge is -2.19. The number of anilines is 1. The molecule has 3 N–H and O–H groups in total. The van der Waals surface area contributed by atoms with E-state index in [-0.39, 0.29) is 16.6 Å². The maximum absolute atomic E-state index is 11.8. The van der Waals surface area contributed by atoms with Crippen molar-refractivity contribution in [2.45, 2.75) is 38.5 Å². The second-order valence-electron chi connectivity index (χ2n) is 4.35. The van der Waals surface area contributed by atoms with Gasteiger partial charge in [-0.25, -0.2) is 13.6 Å². The standard InChI is InChI=1S/C13H20N2O4S/c1-5-9-7-11(19-4)13(20(14,17)18)10(6-2)12(9)15-8(3)16/h7H,5-6H2,1-4H3,(H,15,16)(H2,14,17,18). The van der Waals surface area contributed by atoms with E-state index in [9.17, 15) is 13.2 Å². The summed E-state index contributed by atoms with van der Waals surface area (Å²) in [7, 11) is -2.56. The van der Waals surface area contributed by atoms with Crippen LogP contribution < -0.4 is 15.2 Å². The Morgan fingerprint density at radius 3 is 2.30 bits per heavy atom. The normalized spacial score (nSPS) is 11.2. The van der Waals surface area contributed by atoms with Gasteiger partial charge in [0.15, 0.2) is 0 Å². The van der Waals surface area contributed by atoms with Crippen LogP contribution >= 0.6 is 0 Å². The largest absolute Gasteiger partial charge is 0.495 e. The van der Waals surface area contributed by atoms with Crippen LogP contribution in [0, 0.1) is 0 Å². The third kappa shape index (κ3) is 3.29. The van der Waals surface area contributed by atoms with Gasteiger partial charge in [-0.1, -0.05) is 13.8 Å². The number of rotatable bonds is 5. The average molecular weight is 300 g/mol. The molecular formula is C13H20N2O4S. The van der Waals surface area contributed by atoms with Crippen molar-refractivity contribution in [3.8, 4) is 5.75 Å². The Hall–Kier alpha value is -1.60. The Labute approximate surface area is 119 Å². The van der Waals surface area contributed by atoms with E-state index < -0.39 is 10.0 Å². The number of carbonyl (C=O) groups is 1. The molecule has 1 rings (SSSR count). The van der Waals surface area contributed by atoms with Gasteiger partial charge in [-0.2, -0.15) is 0 Å². The molecular weight excluding hydrogens is 280 g/mol. The van der Waals surface area contributed by atoms with Crippen molar-refractivity contribution in [2.24, 2.45) is 5.14 Å². The number of hydrogen-bond donors (Lipinski definition) is 2. The maximum atomic E-state index is 11.8. The van der Waals surface area contributed by atoms with Crippen molar-refractivity contribution in [1.82, 2.24) is 0 Å². The molecule has 112 valence electrons. The number of aryl methyl sites for hydroxylation is 1. The van der Waals surface area contributed by atoms with E-state index in [1.165, 1.54) is 14.0 Å². The van der Waals surface area contributed by atoms with Crippen molar-refractivity contribution in [3.05, 3.63) is 17.2 Å². The van der Waals surface area contributed by atoms with Gasteiger partial charge in [-0.05, 0) is 30.0 Å². The Balaban J connectivity index is 3.78. The van der Waals surface area contributed by atoms with Gasteiger partial charge in [0, 0.05) is 12.6 Å². The highest BCUT2D eigenvalue weighted by Crippen LogP contribution is 2.36. The Morgan fingerprint density at radius 2 is 1.95 bits per heavy atom. The molecule has 7 heteroatoms. The Bertz CT molecular complexity index is 624. The second kappa shape index (κ2) is 6.23. The first kappa shape index (κ1) is 16.5. The summed E-state index contributed by atoms with van der Waals surface area (Å²) < 4.78 is 28.8. The van der Waals surface area contributed by atoms with Gasteiger partial charge in [0.1, 0.15) is 10.6 Å². The molecule has 0 aromatic heterocycles. The summed E-state index contributed by atoms with van der Waals surface area (Å²) in [4.78, 5) is 11.3. The van der Waals surface area contributed by atoms with Gasteiger partial charge in [-0.3, -0.25) is 4.79 Å². The van der Waals surface area contributed by atoms with E-state index >= 15 is 0 Å². The lowest BCUT2D eigenvalue weighted by Crippen LogP contribution is -2.19. The molecule has 0 unspecified atom stereocenters. The molecule has 0 saturated carbocycles. The van der Waals surface area contributed by atoms with Crippen molar-refractivity contribution in [1.29, 1.82) is 0 Å². The van der Waals surface area contributed by atoms with Gasteiger partial charge >= 0.3 is 0 Å². The van der Waals surface area contributed by atoms with Gasteiger partial charge in [0.25, 0.3) is 0 Å². The van der Waals surface area contributed by atoms with E-state index in [0.29, 0.717) is 24.1 Å². The summed E-state index contributed by atoms with van der Waals surface area (Å²) in [6.07, 6.45) is 1.04. The number of hydrogen-bond acceptors (Lipinski definition) is 4. The fourth-order valence-electron chi connectivity index (χ4n) is 2.16. The molecule has 0 atom stereocenters. The first-order valence-corrected chi connectivity index (χ1v) is 7.83. The maximum Gasteiger partial charge on any atom is 0.242 e. The second-order valence-corrected chi connectivity index (χ2v) is 5.85. The molecule has 0 radical (unpaired) electrons. The zero-order chi connectivity index (χ0) is 15.5. The summed E-state index contributed by atoms with van der Waals surface area (Å²) >= 11 is 0. The minimum Gasteiger partial charge on any atom is -0.495 e. The monoisotopic (exact) mass is 300 g/mol. The highest BCUT2D eigenvalue weighted by atomic mass is 32.2. The van der Waals surface area contributed by atoms with Gasteiger partial charge in [0.2, 0.25) is 15.9 Å². The quantitative estimate of drug-likeness (QED) is 0.859. The molecule has 0 aliphatic rings. The van der Waals surface area contributed by atoms with Gasteiger partial charge in [-0.15, -0.1) is 0 Å². The van der Waals surface area contributed by atoms with Crippen molar-refractivity contribution in [2.75, 3.05) is 12.4 Å². The summed E-state index contributed by atoms with van der Waals surface area (Å²) in [5.74, 6) is -0.0600. The molecule has 0 aliphatic heterocycles. The van der Waals surface area contributed by atoms with Crippen LogP contribution in [-0.2, 0) is 27.7 Å². The molecule has 0 aliphatic carbocycles. The number of methoxy groups -OCH3 is 1. The van der Waals surface area contributed by atoms with Crippen LogP contribution in [0.1, 0.15) is 31.9 Å². The zero-order valence-corrected chi connectivity index (χ0v) is 12.9. The van der Waals surface area contributed by atoms with E-state index in [1.807, 2.05) is 6.92 Å². The predicted octanol–water partition coefficient (Wildman–Crippen LogP) is 1.43. The highest BCUT2D eigenvalue weighted by Gasteiger charge is 2.24. The molecule has 1 amide bonds. The van der Waals surface area contributed by atoms with E-state index in [2.05, 4.69) is 5.32 Å². The number of sulfonamides is 1. The predicted molar refractivity (Wildman–Crippen MR) is 77.4 cm³/mol. The van der Waals surface area contributed by atoms with E-state index in [0.717, 1.165) is 5.56 Å². The van der Waals surface area contributed by atoms with Gasteiger partial charge in [0.05, 0.1) is 7.11 Å². The Kier molecular flexibility index (Phi) is 5.13. The number of benzene rings is 1. The SMILES string of the molecule is CCc1cc(OC)c(S(N)(=O)=O)c(CC)c1NC(C)=O. The van der Waals surface area contributed by atoms with Crippen LogP contribution in [0.25, 0.3) is 0 Å². The van der Waals surface area contributed by atoms with E-state index in [4.69, 9.17) is 9.88 Å². The van der Waals surface area contributed by atoms with Crippen molar-refractivity contribution in [3.63, 3.8) is 0 Å². The fraction of sp³-hybridized carbons (Fsp3) is 0.462. The van der Waals surface area contributed by atoms with Crippen molar-refractivity contribution < 1.29 is 17.9 Å². The van der Waals surface area contributed by atoms with E-state index in [1.54, 1.807) is 13.0 Å². The minimum absolute atomic E-state index is 0.0662. The van der Waals surface area contributed by atoms with Crippen LogP contribution in [0.5, 0.6) is 5.75 Å². The van der Waals surface area contributed by atoms with Crippen molar-refractivity contribution >= 4 is 21.6 Å². The lowest BCUT2D eigenvalue weighted by atomic mass is 10.0. The first-order valence-electron chi connectivity index (χ1n) is 6.29. The number of nitrogens with one attached hydrogen (secondary N) is 1. The molecule has 0 bridgehead atoms. The third-order valence-corrected chi connectivity index (χ3v) is 3.98. The zero-order valence-electron chi connectivity index (χ0n) is 12.1. The Morgan fingerprint density at radius 1 is 1.35 bits per heavy atom. The fourth-order valence-corrected chi connectivity index (χ4v) is 3.18. The molecule has 1 aromatic rings. The summed E-state index contributed by atoms with van der Waals surface area (Å²) in [5, 5.41) is 7.97. The first-order chi connectivity index (χ1) is 9.26. The number of amides is 1. The number of nitrogens with two attached hydrogens (primary N) is 1. The number of carbonyl (C=O) groups excluding carboxylic acids is 1. The minimum atomic E-state index is -3.95. The average Bonchev–Trinajstić information content (AvgIpc) is 2.35. The molecule has 6 nitrogen and oxygen atoms in total. The molecule has 20 heavy (non-hydrogen) atoms.